The Hall–Kier alpha value is -1.88. The fraction of sp³-hybridized carbons (Fsp3) is 0.467. The zero-order valence-corrected chi connectivity index (χ0v) is 12.1. The summed E-state index contributed by atoms with van der Waals surface area (Å²) in [5, 5.41) is 4.57. The maximum atomic E-state index is 10.9. The van der Waals surface area contributed by atoms with Gasteiger partial charge in [0.1, 0.15) is 5.65 Å². The van der Waals surface area contributed by atoms with Crippen molar-refractivity contribution in [1.82, 2.24) is 14.9 Å². The van der Waals surface area contributed by atoms with Crippen molar-refractivity contribution in [2.45, 2.75) is 33.4 Å². The van der Waals surface area contributed by atoms with E-state index in [2.05, 4.69) is 36.4 Å². The molecule has 5 heteroatoms. The van der Waals surface area contributed by atoms with Gasteiger partial charge in [-0.25, -0.2) is 4.98 Å². The van der Waals surface area contributed by atoms with Gasteiger partial charge in [0.05, 0.1) is 0 Å². The summed E-state index contributed by atoms with van der Waals surface area (Å²) in [5.41, 5.74) is 7.34. The first kappa shape index (κ1) is 14.5. The molecule has 20 heavy (non-hydrogen) atoms. The molecule has 1 amide bonds. The monoisotopic (exact) mass is 274 g/mol. The summed E-state index contributed by atoms with van der Waals surface area (Å²) in [6, 6.07) is 4.00. The Labute approximate surface area is 119 Å². The molecule has 2 aromatic rings. The normalized spacial score (nSPS) is 11.3. The van der Waals surface area contributed by atoms with Gasteiger partial charge in [-0.15, -0.1) is 0 Å². The maximum absolute atomic E-state index is 10.9. The van der Waals surface area contributed by atoms with Crippen molar-refractivity contribution in [3.05, 3.63) is 30.1 Å². The fourth-order valence-electron chi connectivity index (χ4n) is 2.23. The molecular formula is C15H22N4O. The summed E-state index contributed by atoms with van der Waals surface area (Å²) in [6.45, 7) is 6.74. The Morgan fingerprint density at radius 2 is 2.30 bits per heavy atom. The maximum Gasteiger partial charge on any atom is 0.219 e. The van der Waals surface area contributed by atoms with E-state index in [0.29, 0.717) is 18.9 Å². The van der Waals surface area contributed by atoms with E-state index in [1.807, 2.05) is 10.6 Å². The molecule has 0 aliphatic rings. The van der Waals surface area contributed by atoms with Crippen LogP contribution in [0.25, 0.3) is 11.0 Å². The molecule has 2 rings (SSSR count). The van der Waals surface area contributed by atoms with Gasteiger partial charge < -0.3 is 15.6 Å². The lowest BCUT2D eigenvalue weighted by molar-refractivity contribution is -0.118. The minimum absolute atomic E-state index is 0.290. The molecule has 0 fully saturated rings. The van der Waals surface area contributed by atoms with Crippen molar-refractivity contribution >= 4 is 16.9 Å². The number of nitrogens with one attached hydrogen (secondary N) is 1. The molecule has 0 aromatic carbocycles. The number of amides is 1. The Bertz CT molecular complexity index is 589. The number of primary amides is 1. The van der Waals surface area contributed by atoms with Crippen molar-refractivity contribution in [2.75, 3.05) is 6.54 Å². The summed E-state index contributed by atoms with van der Waals surface area (Å²) in [6.07, 6.45) is 4.17. The van der Waals surface area contributed by atoms with E-state index < -0.39 is 0 Å². The highest BCUT2D eigenvalue weighted by atomic mass is 16.1. The standard InChI is InChI=1S/C15H22N4O/c1-11(2)8-17-9-12-10-19(7-5-14(16)20)15-13(12)4-3-6-18-15/h3-4,6,10-11,17H,5,7-9H2,1-2H3,(H2,16,20). The van der Waals surface area contributed by atoms with Crippen LogP contribution >= 0.6 is 0 Å². The predicted octanol–water partition coefficient (Wildman–Crippen LogP) is 1.66. The number of carbonyl (C=O) groups is 1. The second-order valence-corrected chi connectivity index (χ2v) is 5.46. The van der Waals surface area contributed by atoms with Crippen molar-refractivity contribution in [2.24, 2.45) is 11.7 Å². The van der Waals surface area contributed by atoms with Crippen LogP contribution in [0.4, 0.5) is 0 Å². The zero-order valence-electron chi connectivity index (χ0n) is 12.1. The van der Waals surface area contributed by atoms with Gasteiger partial charge in [0.2, 0.25) is 5.91 Å². The third kappa shape index (κ3) is 3.57. The van der Waals surface area contributed by atoms with Crippen LogP contribution in [0.5, 0.6) is 0 Å². The fourth-order valence-corrected chi connectivity index (χ4v) is 2.23. The first-order valence-corrected chi connectivity index (χ1v) is 6.99. The van der Waals surface area contributed by atoms with Crippen LogP contribution in [0.1, 0.15) is 25.8 Å². The van der Waals surface area contributed by atoms with E-state index in [-0.39, 0.29) is 5.91 Å². The van der Waals surface area contributed by atoms with Crippen LogP contribution in [0.2, 0.25) is 0 Å². The van der Waals surface area contributed by atoms with Gasteiger partial charge in [-0.2, -0.15) is 0 Å². The van der Waals surface area contributed by atoms with Gasteiger partial charge in [0, 0.05) is 37.3 Å². The lowest BCUT2D eigenvalue weighted by Gasteiger charge is -2.06. The van der Waals surface area contributed by atoms with Gasteiger partial charge in [0.25, 0.3) is 0 Å². The number of aromatic nitrogens is 2. The number of hydrogen-bond acceptors (Lipinski definition) is 3. The van der Waals surface area contributed by atoms with Crippen LogP contribution in [0, 0.1) is 5.92 Å². The van der Waals surface area contributed by atoms with Crippen LogP contribution < -0.4 is 11.1 Å². The molecule has 0 atom stereocenters. The molecule has 0 bridgehead atoms. The summed E-state index contributed by atoms with van der Waals surface area (Å²) in [5.74, 6) is 0.332. The number of nitrogens with two attached hydrogens (primary N) is 1. The van der Waals surface area contributed by atoms with Crippen LogP contribution in [0.15, 0.2) is 24.5 Å². The molecule has 0 saturated heterocycles. The minimum atomic E-state index is -0.290. The highest BCUT2D eigenvalue weighted by Gasteiger charge is 2.09. The molecule has 108 valence electrons. The summed E-state index contributed by atoms with van der Waals surface area (Å²) >= 11 is 0. The van der Waals surface area contributed by atoms with Gasteiger partial charge in [0.15, 0.2) is 0 Å². The van der Waals surface area contributed by atoms with Gasteiger partial charge in [-0.05, 0) is 30.2 Å². The second kappa shape index (κ2) is 6.52. The third-order valence-electron chi connectivity index (χ3n) is 3.18. The molecule has 5 nitrogen and oxygen atoms in total. The Kier molecular flexibility index (Phi) is 4.74. The quantitative estimate of drug-likeness (QED) is 0.806. The largest absolute Gasteiger partial charge is 0.370 e. The summed E-state index contributed by atoms with van der Waals surface area (Å²) in [7, 11) is 0. The number of nitrogens with zero attached hydrogens (tertiary/aromatic N) is 2. The third-order valence-corrected chi connectivity index (χ3v) is 3.18. The molecule has 0 aliphatic carbocycles. The lowest BCUT2D eigenvalue weighted by atomic mass is 10.2. The van der Waals surface area contributed by atoms with E-state index in [9.17, 15) is 4.79 Å². The molecule has 0 unspecified atom stereocenters. The van der Waals surface area contributed by atoms with Crippen molar-refractivity contribution in [3.63, 3.8) is 0 Å². The first-order chi connectivity index (χ1) is 9.58. The number of hydrogen-bond donors (Lipinski definition) is 2. The number of carbonyl (C=O) groups excluding carboxylic acids is 1. The van der Waals surface area contributed by atoms with E-state index in [0.717, 1.165) is 24.1 Å². The molecular weight excluding hydrogens is 252 g/mol. The molecule has 2 aromatic heterocycles. The zero-order chi connectivity index (χ0) is 14.5. The topological polar surface area (TPSA) is 72.9 Å². The van der Waals surface area contributed by atoms with E-state index in [1.54, 1.807) is 6.20 Å². The summed E-state index contributed by atoms with van der Waals surface area (Å²) in [4.78, 5) is 15.3. The molecule has 0 aliphatic heterocycles. The average Bonchev–Trinajstić information content (AvgIpc) is 2.75. The number of rotatable bonds is 7. The molecule has 0 spiro atoms. The Morgan fingerprint density at radius 1 is 1.50 bits per heavy atom. The average molecular weight is 274 g/mol. The van der Waals surface area contributed by atoms with Gasteiger partial charge in [-0.1, -0.05) is 13.8 Å². The Balaban J connectivity index is 2.19. The molecule has 2 heterocycles. The smallest absolute Gasteiger partial charge is 0.219 e. The highest BCUT2D eigenvalue weighted by molar-refractivity contribution is 5.80. The molecule has 0 saturated carbocycles. The van der Waals surface area contributed by atoms with Gasteiger partial charge >= 0.3 is 0 Å². The molecule has 0 radical (unpaired) electrons. The minimum Gasteiger partial charge on any atom is -0.370 e. The van der Waals surface area contributed by atoms with Crippen LogP contribution in [0.3, 0.4) is 0 Å². The first-order valence-electron chi connectivity index (χ1n) is 6.99. The van der Waals surface area contributed by atoms with Crippen molar-refractivity contribution < 1.29 is 4.79 Å². The van der Waals surface area contributed by atoms with E-state index in [1.165, 1.54) is 5.56 Å². The van der Waals surface area contributed by atoms with Crippen LogP contribution in [-0.4, -0.2) is 22.0 Å². The molecule has 3 N–H and O–H groups in total. The number of pyridine rings is 1. The predicted molar refractivity (Wildman–Crippen MR) is 80.1 cm³/mol. The highest BCUT2D eigenvalue weighted by Crippen LogP contribution is 2.19. The summed E-state index contributed by atoms with van der Waals surface area (Å²) < 4.78 is 2.01. The van der Waals surface area contributed by atoms with E-state index in [4.69, 9.17) is 5.73 Å². The van der Waals surface area contributed by atoms with Crippen molar-refractivity contribution in [3.8, 4) is 0 Å². The second-order valence-electron chi connectivity index (χ2n) is 5.46. The SMILES string of the molecule is CC(C)CNCc1cn(CCC(N)=O)c2ncccc12. The van der Waals surface area contributed by atoms with Crippen molar-refractivity contribution in [1.29, 1.82) is 0 Å². The van der Waals surface area contributed by atoms with Crippen LogP contribution in [-0.2, 0) is 17.9 Å². The number of fused-ring (bicyclic) bond motifs is 1. The van der Waals surface area contributed by atoms with Gasteiger partial charge in [-0.3, -0.25) is 4.79 Å². The van der Waals surface area contributed by atoms with E-state index >= 15 is 0 Å². The Morgan fingerprint density at radius 3 is 3.00 bits per heavy atom. The number of aryl methyl sites for hydroxylation is 1. The lowest BCUT2D eigenvalue weighted by Crippen LogP contribution is -2.18.